The fourth-order valence-corrected chi connectivity index (χ4v) is 3.48. The predicted molar refractivity (Wildman–Crippen MR) is 105 cm³/mol. The number of carbonyl (C=O) groups excluding carboxylic acids is 1. The number of benzene rings is 2. The summed E-state index contributed by atoms with van der Waals surface area (Å²) in [6.07, 6.45) is 0.975. The van der Waals surface area contributed by atoms with Crippen LogP contribution in [-0.2, 0) is 17.6 Å². The molecular formula is C22H28N2O3. The molecule has 2 atom stereocenters. The monoisotopic (exact) mass is 368 g/mol. The van der Waals surface area contributed by atoms with E-state index in [2.05, 4.69) is 17.4 Å². The molecule has 0 spiro atoms. The first-order chi connectivity index (χ1) is 13.1. The van der Waals surface area contributed by atoms with Gasteiger partial charge in [0.15, 0.2) is 0 Å². The summed E-state index contributed by atoms with van der Waals surface area (Å²) >= 11 is 0. The van der Waals surface area contributed by atoms with Crippen LogP contribution >= 0.6 is 0 Å². The van der Waals surface area contributed by atoms with Gasteiger partial charge in [-0.3, -0.25) is 4.79 Å². The van der Waals surface area contributed by atoms with Crippen LogP contribution in [0, 0.1) is 0 Å². The third-order valence-electron chi connectivity index (χ3n) is 5.17. The summed E-state index contributed by atoms with van der Waals surface area (Å²) < 4.78 is 0. The van der Waals surface area contributed by atoms with Crippen LogP contribution in [0.25, 0.3) is 0 Å². The van der Waals surface area contributed by atoms with Crippen molar-refractivity contribution in [1.82, 2.24) is 10.2 Å². The Labute approximate surface area is 160 Å². The van der Waals surface area contributed by atoms with Crippen molar-refractivity contribution in [3.8, 4) is 0 Å². The Bertz CT molecular complexity index is 723. The molecule has 1 heterocycles. The smallest absolute Gasteiger partial charge is 0.223 e. The first-order valence-corrected chi connectivity index (χ1v) is 9.54. The minimum atomic E-state index is -1.29. The molecule has 0 radical (unpaired) electrons. The zero-order chi connectivity index (χ0) is 19.1. The van der Waals surface area contributed by atoms with E-state index in [9.17, 15) is 15.0 Å². The highest BCUT2D eigenvalue weighted by Gasteiger charge is 2.45. The second-order valence-electron chi connectivity index (χ2n) is 7.29. The molecule has 0 unspecified atom stereocenters. The van der Waals surface area contributed by atoms with Gasteiger partial charge in [0.2, 0.25) is 5.91 Å². The van der Waals surface area contributed by atoms with Gasteiger partial charge in [0.1, 0.15) is 11.7 Å². The molecule has 0 bridgehead atoms. The maximum absolute atomic E-state index is 12.5. The number of aliphatic hydroxyl groups excluding tert-OH is 1. The summed E-state index contributed by atoms with van der Waals surface area (Å²) in [5.41, 5.74) is 1.05. The van der Waals surface area contributed by atoms with Crippen LogP contribution < -0.4 is 5.32 Å². The van der Waals surface area contributed by atoms with Crippen LogP contribution in [0.1, 0.15) is 17.5 Å². The summed E-state index contributed by atoms with van der Waals surface area (Å²) in [6.45, 7) is 1.33. The number of aryl methyl sites for hydroxylation is 1. The van der Waals surface area contributed by atoms with Gasteiger partial charge in [0.25, 0.3) is 0 Å². The Balaban J connectivity index is 1.43. The van der Waals surface area contributed by atoms with Gasteiger partial charge >= 0.3 is 0 Å². The quantitative estimate of drug-likeness (QED) is 0.616. The maximum atomic E-state index is 12.5. The highest BCUT2D eigenvalue weighted by Crippen LogP contribution is 2.22. The lowest BCUT2D eigenvalue weighted by atomic mass is 10.0. The normalized spacial score (nSPS) is 22.1. The minimum absolute atomic E-state index is 0.0295. The van der Waals surface area contributed by atoms with Crippen molar-refractivity contribution in [2.75, 3.05) is 26.2 Å². The van der Waals surface area contributed by atoms with Crippen LogP contribution in [0.4, 0.5) is 0 Å². The summed E-state index contributed by atoms with van der Waals surface area (Å²) in [4.78, 5) is 14.0. The SMILES string of the molecule is O=C(CCc1ccccc1)N1C[C@@H](O)[C@](O)(CNCCc2ccccc2)C1. The molecular weight excluding hydrogens is 340 g/mol. The molecule has 2 aromatic carbocycles. The number of rotatable bonds is 8. The zero-order valence-electron chi connectivity index (χ0n) is 15.6. The molecule has 144 valence electrons. The Morgan fingerprint density at radius 1 is 1.04 bits per heavy atom. The van der Waals surface area contributed by atoms with Gasteiger partial charge < -0.3 is 20.4 Å². The van der Waals surface area contributed by atoms with Gasteiger partial charge in [0.05, 0.1) is 6.54 Å². The van der Waals surface area contributed by atoms with Gasteiger partial charge in [-0.15, -0.1) is 0 Å². The maximum Gasteiger partial charge on any atom is 0.223 e. The van der Waals surface area contributed by atoms with Crippen LogP contribution in [-0.4, -0.2) is 58.9 Å². The Hall–Kier alpha value is -2.21. The predicted octanol–water partition coefficient (Wildman–Crippen LogP) is 1.39. The van der Waals surface area contributed by atoms with Crippen molar-refractivity contribution in [3.05, 3.63) is 71.8 Å². The molecule has 2 aromatic rings. The second-order valence-corrected chi connectivity index (χ2v) is 7.29. The molecule has 1 aliphatic rings. The Morgan fingerprint density at radius 2 is 1.63 bits per heavy atom. The minimum Gasteiger partial charge on any atom is -0.388 e. The van der Waals surface area contributed by atoms with E-state index >= 15 is 0 Å². The Kier molecular flexibility index (Phi) is 6.61. The lowest BCUT2D eigenvalue weighted by molar-refractivity contribution is -0.131. The fourth-order valence-electron chi connectivity index (χ4n) is 3.48. The van der Waals surface area contributed by atoms with Crippen molar-refractivity contribution < 1.29 is 15.0 Å². The summed E-state index contributed by atoms with van der Waals surface area (Å²) in [6, 6.07) is 20.0. The molecule has 0 aliphatic carbocycles. The summed E-state index contributed by atoms with van der Waals surface area (Å²) in [7, 11) is 0. The van der Waals surface area contributed by atoms with E-state index in [4.69, 9.17) is 0 Å². The van der Waals surface area contributed by atoms with E-state index < -0.39 is 11.7 Å². The van der Waals surface area contributed by atoms with E-state index in [0.29, 0.717) is 19.4 Å². The number of hydrogen-bond donors (Lipinski definition) is 3. The number of β-amino-alcohol motifs (C(OH)–C–C–N with tert-alkyl or cyclic N) is 2. The fraction of sp³-hybridized carbons (Fsp3) is 0.409. The van der Waals surface area contributed by atoms with E-state index in [1.165, 1.54) is 5.56 Å². The summed E-state index contributed by atoms with van der Waals surface area (Å²) in [5.74, 6) is -0.0295. The lowest BCUT2D eigenvalue weighted by Gasteiger charge is -2.26. The second kappa shape index (κ2) is 9.13. The van der Waals surface area contributed by atoms with Crippen molar-refractivity contribution in [1.29, 1.82) is 0 Å². The van der Waals surface area contributed by atoms with E-state index in [1.54, 1.807) is 4.90 Å². The highest BCUT2D eigenvalue weighted by atomic mass is 16.3. The van der Waals surface area contributed by atoms with Gasteiger partial charge in [0, 0.05) is 19.5 Å². The molecule has 1 saturated heterocycles. The largest absolute Gasteiger partial charge is 0.388 e. The number of nitrogens with one attached hydrogen (secondary N) is 1. The van der Waals surface area contributed by atoms with E-state index in [0.717, 1.165) is 12.0 Å². The molecule has 1 fully saturated rings. The van der Waals surface area contributed by atoms with E-state index in [-0.39, 0.29) is 25.5 Å². The molecule has 27 heavy (non-hydrogen) atoms. The molecule has 0 aromatic heterocycles. The molecule has 1 amide bonds. The van der Waals surface area contributed by atoms with Gasteiger partial charge in [-0.1, -0.05) is 60.7 Å². The van der Waals surface area contributed by atoms with Crippen LogP contribution in [0.15, 0.2) is 60.7 Å². The molecule has 0 saturated carbocycles. The topological polar surface area (TPSA) is 72.8 Å². The number of carbonyl (C=O) groups is 1. The highest BCUT2D eigenvalue weighted by molar-refractivity contribution is 5.77. The van der Waals surface area contributed by atoms with Crippen LogP contribution in [0.2, 0.25) is 0 Å². The Morgan fingerprint density at radius 3 is 2.26 bits per heavy atom. The lowest BCUT2D eigenvalue weighted by Crippen LogP contribution is -2.50. The molecule has 3 rings (SSSR count). The number of amides is 1. The van der Waals surface area contributed by atoms with Crippen molar-refractivity contribution in [2.45, 2.75) is 31.0 Å². The van der Waals surface area contributed by atoms with Crippen molar-refractivity contribution in [3.63, 3.8) is 0 Å². The molecule has 5 heteroatoms. The van der Waals surface area contributed by atoms with Crippen LogP contribution in [0.5, 0.6) is 0 Å². The van der Waals surface area contributed by atoms with Gasteiger partial charge in [-0.05, 0) is 30.5 Å². The van der Waals surface area contributed by atoms with Gasteiger partial charge in [-0.25, -0.2) is 0 Å². The average Bonchev–Trinajstić information content (AvgIpc) is 3.00. The number of hydrogen-bond acceptors (Lipinski definition) is 4. The zero-order valence-corrected chi connectivity index (χ0v) is 15.6. The van der Waals surface area contributed by atoms with Crippen molar-refractivity contribution in [2.24, 2.45) is 0 Å². The molecule has 5 nitrogen and oxygen atoms in total. The van der Waals surface area contributed by atoms with Gasteiger partial charge in [-0.2, -0.15) is 0 Å². The third kappa shape index (κ3) is 5.39. The number of aliphatic hydroxyl groups is 2. The van der Waals surface area contributed by atoms with Crippen molar-refractivity contribution >= 4 is 5.91 Å². The number of likely N-dealkylation sites (tertiary alicyclic amines) is 1. The molecule has 3 N–H and O–H groups in total. The third-order valence-corrected chi connectivity index (χ3v) is 5.17. The standard InChI is InChI=1S/C22H28N2O3/c25-20-15-24(21(26)12-11-18-7-3-1-4-8-18)17-22(20,27)16-23-14-13-19-9-5-2-6-10-19/h1-10,20,23,25,27H,11-17H2/t20-,22+/m1/s1. The average molecular weight is 368 g/mol. The summed E-state index contributed by atoms with van der Waals surface area (Å²) in [5, 5.41) is 24.3. The molecule has 1 aliphatic heterocycles. The first-order valence-electron chi connectivity index (χ1n) is 9.54. The van der Waals surface area contributed by atoms with Crippen LogP contribution in [0.3, 0.4) is 0 Å². The first kappa shape index (κ1) is 19.5. The number of nitrogens with zero attached hydrogens (tertiary/aromatic N) is 1. The van der Waals surface area contributed by atoms with E-state index in [1.807, 2.05) is 48.5 Å².